The van der Waals surface area contributed by atoms with Crippen molar-refractivity contribution >= 4 is 0 Å². The van der Waals surface area contributed by atoms with E-state index in [9.17, 15) is 0 Å². The average molecular weight is 245 g/mol. The number of hydrogen-bond donors (Lipinski definition) is 2. The molecular formula is C14H35N3. The van der Waals surface area contributed by atoms with E-state index in [0.29, 0.717) is 6.04 Å². The lowest BCUT2D eigenvalue weighted by atomic mass is 10.3. The molecule has 0 aromatic heterocycles. The summed E-state index contributed by atoms with van der Waals surface area (Å²) in [5.74, 6) is 0. The zero-order valence-electron chi connectivity index (χ0n) is 13.0. The van der Waals surface area contributed by atoms with Crippen molar-refractivity contribution in [1.29, 1.82) is 0 Å². The van der Waals surface area contributed by atoms with E-state index < -0.39 is 0 Å². The summed E-state index contributed by atoms with van der Waals surface area (Å²) in [6, 6.07) is 0.615. The molecule has 0 heterocycles. The fraction of sp³-hybridized carbons (Fsp3) is 1.00. The summed E-state index contributed by atoms with van der Waals surface area (Å²) in [5, 5.41) is 6.79. The minimum atomic E-state index is 0.615. The highest BCUT2D eigenvalue weighted by atomic mass is 15.1. The molecule has 0 unspecified atom stereocenters. The minimum Gasteiger partial charge on any atom is -0.317 e. The van der Waals surface area contributed by atoms with Gasteiger partial charge in [0.1, 0.15) is 0 Å². The largest absolute Gasteiger partial charge is 0.317 e. The second-order valence-electron chi connectivity index (χ2n) is 4.47. The Kier molecular flexibility index (Phi) is 18.0. The topological polar surface area (TPSA) is 27.3 Å². The van der Waals surface area contributed by atoms with Gasteiger partial charge in [-0.3, -0.25) is 0 Å². The van der Waals surface area contributed by atoms with Gasteiger partial charge in [-0.1, -0.05) is 34.6 Å². The molecule has 3 heteroatoms. The van der Waals surface area contributed by atoms with Gasteiger partial charge in [0.05, 0.1) is 0 Å². The predicted octanol–water partition coefficient (Wildman–Crippen LogP) is 2.33. The molecule has 106 valence electrons. The van der Waals surface area contributed by atoms with Crippen LogP contribution in [0.4, 0.5) is 0 Å². The van der Waals surface area contributed by atoms with Gasteiger partial charge in [0.15, 0.2) is 0 Å². The van der Waals surface area contributed by atoms with E-state index in [1.807, 2.05) is 13.8 Å². The smallest absolute Gasteiger partial charge is 0.00103 e. The van der Waals surface area contributed by atoms with Crippen molar-refractivity contribution in [3.63, 3.8) is 0 Å². The van der Waals surface area contributed by atoms with Gasteiger partial charge < -0.3 is 15.5 Å². The molecule has 0 fully saturated rings. The van der Waals surface area contributed by atoms with E-state index in [0.717, 1.165) is 19.6 Å². The zero-order chi connectivity index (χ0) is 13.5. The summed E-state index contributed by atoms with van der Waals surface area (Å²) in [6.07, 6.45) is 2.50. The van der Waals surface area contributed by atoms with Gasteiger partial charge >= 0.3 is 0 Å². The van der Waals surface area contributed by atoms with Crippen LogP contribution in [0.25, 0.3) is 0 Å². The predicted molar refractivity (Wildman–Crippen MR) is 79.8 cm³/mol. The second-order valence-corrected chi connectivity index (χ2v) is 4.47. The van der Waals surface area contributed by atoms with Crippen LogP contribution in [-0.4, -0.2) is 50.7 Å². The molecule has 0 atom stereocenters. The van der Waals surface area contributed by atoms with Crippen LogP contribution in [0.3, 0.4) is 0 Å². The first-order valence-electron chi connectivity index (χ1n) is 7.29. The van der Waals surface area contributed by atoms with Crippen LogP contribution in [0.2, 0.25) is 0 Å². The molecular weight excluding hydrogens is 210 g/mol. The lowest BCUT2D eigenvalue weighted by molar-refractivity contribution is 0.319. The lowest BCUT2D eigenvalue weighted by Gasteiger charge is -2.17. The Morgan fingerprint density at radius 2 is 1.53 bits per heavy atom. The maximum absolute atomic E-state index is 3.44. The van der Waals surface area contributed by atoms with E-state index >= 15 is 0 Å². The molecule has 0 rings (SSSR count). The summed E-state index contributed by atoms with van der Waals surface area (Å²) < 4.78 is 0. The summed E-state index contributed by atoms with van der Waals surface area (Å²) in [4.78, 5) is 2.42. The summed E-state index contributed by atoms with van der Waals surface area (Å²) in [6.45, 7) is 16.3. The van der Waals surface area contributed by atoms with Crippen LogP contribution in [-0.2, 0) is 0 Å². The van der Waals surface area contributed by atoms with Crippen LogP contribution in [0.5, 0.6) is 0 Å². The maximum Gasteiger partial charge on any atom is 0.00103 e. The molecule has 0 amide bonds. The van der Waals surface area contributed by atoms with E-state index in [1.165, 1.54) is 25.9 Å². The molecule has 0 saturated carbocycles. The molecule has 0 aliphatic heterocycles. The van der Waals surface area contributed by atoms with Crippen molar-refractivity contribution < 1.29 is 0 Å². The molecule has 0 aromatic rings. The second kappa shape index (κ2) is 15.9. The number of hydrogen-bond acceptors (Lipinski definition) is 3. The minimum absolute atomic E-state index is 0.615. The van der Waals surface area contributed by atoms with Crippen LogP contribution in [0, 0.1) is 0 Å². The summed E-state index contributed by atoms with van der Waals surface area (Å²) in [7, 11) is 2.21. The zero-order valence-corrected chi connectivity index (χ0v) is 13.0. The molecule has 0 aromatic carbocycles. The lowest BCUT2D eigenvalue weighted by Crippen LogP contribution is -2.29. The average Bonchev–Trinajstić information content (AvgIpc) is 2.33. The normalized spacial score (nSPS) is 10.6. The Morgan fingerprint density at radius 1 is 1.00 bits per heavy atom. The van der Waals surface area contributed by atoms with E-state index in [1.54, 1.807) is 0 Å². The third-order valence-corrected chi connectivity index (χ3v) is 2.41. The van der Waals surface area contributed by atoms with Crippen LogP contribution >= 0.6 is 0 Å². The van der Waals surface area contributed by atoms with Crippen LogP contribution in [0.1, 0.15) is 47.5 Å². The third-order valence-electron chi connectivity index (χ3n) is 2.41. The van der Waals surface area contributed by atoms with Crippen molar-refractivity contribution in [1.82, 2.24) is 15.5 Å². The Hall–Kier alpha value is -0.120. The third kappa shape index (κ3) is 18.4. The van der Waals surface area contributed by atoms with Crippen LogP contribution in [0.15, 0.2) is 0 Å². The molecule has 2 N–H and O–H groups in total. The van der Waals surface area contributed by atoms with E-state index in [2.05, 4.69) is 43.4 Å². The van der Waals surface area contributed by atoms with E-state index in [-0.39, 0.29) is 0 Å². The molecule has 0 saturated heterocycles. The van der Waals surface area contributed by atoms with Gasteiger partial charge in [-0.05, 0) is 52.6 Å². The van der Waals surface area contributed by atoms with Gasteiger partial charge in [-0.15, -0.1) is 0 Å². The standard InChI is InChI=1S/C12H29N3.C2H6/c1-5-13-8-6-10-15(4)11-7-9-14-12(2)3;1-2/h12-14H,5-11H2,1-4H3;1-2H3. The van der Waals surface area contributed by atoms with Gasteiger partial charge in [0.25, 0.3) is 0 Å². The van der Waals surface area contributed by atoms with Crippen molar-refractivity contribution in [3.05, 3.63) is 0 Å². The number of rotatable bonds is 10. The summed E-state index contributed by atoms with van der Waals surface area (Å²) in [5.41, 5.74) is 0. The highest BCUT2D eigenvalue weighted by Crippen LogP contribution is 1.89. The van der Waals surface area contributed by atoms with Crippen LogP contribution < -0.4 is 10.6 Å². The molecule has 17 heavy (non-hydrogen) atoms. The molecule has 0 spiro atoms. The molecule has 0 aliphatic rings. The molecule has 0 radical (unpaired) electrons. The van der Waals surface area contributed by atoms with Crippen molar-refractivity contribution in [2.45, 2.75) is 53.5 Å². The van der Waals surface area contributed by atoms with Gasteiger partial charge in [0.2, 0.25) is 0 Å². The fourth-order valence-electron chi connectivity index (χ4n) is 1.50. The molecule has 0 bridgehead atoms. The fourth-order valence-corrected chi connectivity index (χ4v) is 1.50. The van der Waals surface area contributed by atoms with Crippen molar-refractivity contribution in [2.75, 3.05) is 39.8 Å². The van der Waals surface area contributed by atoms with Gasteiger partial charge in [-0.2, -0.15) is 0 Å². The monoisotopic (exact) mass is 245 g/mol. The van der Waals surface area contributed by atoms with Crippen molar-refractivity contribution in [2.24, 2.45) is 0 Å². The van der Waals surface area contributed by atoms with Crippen molar-refractivity contribution in [3.8, 4) is 0 Å². The highest BCUT2D eigenvalue weighted by Gasteiger charge is 1.98. The first-order valence-corrected chi connectivity index (χ1v) is 7.29. The summed E-state index contributed by atoms with van der Waals surface area (Å²) >= 11 is 0. The van der Waals surface area contributed by atoms with E-state index in [4.69, 9.17) is 0 Å². The molecule has 3 nitrogen and oxygen atoms in total. The Morgan fingerprint density at radius 3 is 2.00 bits per heavy atom. The van der Waals surface area contributed by atoms with Gasteiger partial charge in [0, 0.05) is 6.04 Å². The number of nitrogens with zero attached hydrogens (tertiary/aromatic N) is 1. The number of nitrogens with one attached hydrogen (secondary N) is 2. The Bertz CT molecular complexity index is 127. The molecule has 0 aliphatic carbocycles. The highest BCUT2D eigenvalue weighted by molar-refractivity contribution is 4.57. The first-order chi connectivity index (χ1) is 8.16. The Labute approximate surface area is 109 Å². The van der Waals surface area contributed by atoms with Gasteiger partial charge in [-0.25, -0.2) is 0 Å². The maximum atomic E-state index is 3.44. The Balaban J connectivity index is 0. The first kappa shape index (κ1) is 19.2. The quantitative estimate of drug-likeness (QED) is 0.579. The SMILES string of the molecule is CC.CCNCCCN(C)CCCNC(C)C.